The van der Waals surface area contributed by atoms with E-state index in [-0.39, 0.29) is 11.7 Å². The predicted octanol–water partition coefficient (Wildman–Crippen LogP) is 6.49. The average molecular weight is 521 g/mol. The molecule has 0 spiro atoms. The van der Waals surface area contributed by atoms with Crippen molar-refractivity contribution in [3.05, 3.63) is 101 Å². The van der Waals surface area contributed by atoms with Crippen molar-refractivity contribution in [3.8, 4) is 0 Å². The Bertz CT molecular complexity index is 1360. The largest absolute Gasteiger partial charge is 0.337 e. The summed E-state index contributed by atoms with van der Waals surface area (Å²) in [5.41, 5.74) is 3.16. The molecule has 0 radical (unpaired) electrons. The van der Waals surface area contributed by atoms with Gasteiger partial charge in [0.1, 0.15) is 5.82 Å². The molecular formula is C28H26ClFN4OS. The molecule has 1 aliphatic rings. The molecule has 1 aromatic heterocycles. The molecular weight excluding hydrogens is 495 g/mol. The SMILES string of the molecule is O=C(c1ccc(NSc2cccc3cccnc23)cc1)N1CCCN(Cc2ccc(Cl)cc2F)CC1. The molecule has 0 atom stereocenters. The van der Waals surface area contributed by atoms with Gasteiger partial charge in [-0.1, -0.05) is 35.9 Å². The average Bonchev–Trinajstić information content (AvgIpc) is 3.14. The first-order valence-corrected chi connectivity index (χ1v) is 13.1. The zero-order chi connectivity index (χ0) is 24.9. The quantitative estimate of drug-likeness (QED) is 0.294. The summed E-state index contributed by atoms with van der Waals surface area (Å²) in [5.74, 6) is -0.268. The first-order chi connectivity index (χ1) is 17.6. The third kappa shape index (κ3) is 5.81. The molecule has 1 N–H and O–H groups in total. The highest BCUT2D eigenvalue weighted by atomic mass is 35.5. The van der Waals surface area contributed by atoms with Crippen LogP contribution in [0.15, 0.2) is 83.9 Å². The first-order valence-electron chi connectivity index (χ1n) is 11.9. The van der Waals surface area contributed by atoms with E-state index in [2.05, 4.69) is 14.6 Å². The Morgan fingerprint density at radius 2 is 1.83 bits per heavy atom. The minimum Gasteiger partial charge on any atom is -0.337 e. The molecule has 0 saturated carbocycles. The molecule has 8 heteroatoms. The number of carbonyl (C=O) groups is 1. The zero-order valence-corrected chi connectivity index (χ0v) is 21.2. The molecule has 2 heterocycles. The summed E-state index contributed by atoms with van der Waals surface area (Å²) in [6.07, 6.45) is 2.64. The van der Waals surface area contributed by atoms with E-state index in [1.54, 1.807) is 18.3 Å². The monoisotopic (exact) mass is 520 g/mol. The van der Waals surface area contributed by atoms with Crippen LogP contribution in [0.5, 0.6) is 0 Å². The minimum absolute atomic E-state index is 0.0204. The fourth-order valence-corrected chi connectivity index (χ4v) is 5.30. The molecule has 4 aromatic rings. The van der Waals surface area contributed by atoms with Crippen molar-refractivity contribution in [2.45, 2.75) is 17.9 Å². The highest BCUT2D eigenvalue weighted by molar-refractivity contribution is 8.00. The Hall–Kier alpha value is -3.13. The number of fused-ring (bicyclic) bond motifs is 1. The molecule has 5 nitrogen and oxygen atoms in total. The third-order valence-electron chi connectivity index (χ3n) is 6.29. The second-order valence-corrected chi connectivity index (χ2v) is 10.1. The summed E-state index contributed by atoms with van der Waals surface area (Å²) >= 11 is 7.37. The maximum atomic E-state index is 14.2. The lowest BCUT2D eigenvalue weighted by Gasteiger charge is -2.22. The van der Waals surface area contributed by atoms with Gasteiger partial charge >= 0.3 is 0 Å². The van der Waals surface area contributed by atoms with E-state index >= 15 is 0 Å². The fraction of sp³-hybridized carbons (Fsp3) is 0.214. The standard InChI is InChI=1S/C28H26ClFN4OS/c29-23-10-7-22(25(30)18-23)19-33-14-3-15-34(17-16-33)28(35)21-8-11-24(12-9-21)32-36-26-6-1-4-20-5-2-13-31-27(20)26/h1-2,4-13,18,32H,3,14-17,19H2. The Labute approximate surface area is 219 Å². The van der Waals surface area contributed by atoms with Gasteiger partial charge < -0.3 is 9.62 Å². The Balaban J connectivity index is 1.17. The Morgan fingerprint density at radius 3 is 2.67 bits per heavy atom. The normalized spacial score (nSPS) is 14.6. The molecule has 1 amide bonds. The van der Waals surface area contributed by atoms with Crippen molar-refractivity contribution in [2.75, 3.05) is 30.9 Å². The third-order valence-corrected chi connectivity index (χ3v) is 7.41. The van der Waals surface area contributed by atoms with Crippen LogP contribution in [0.1, 0.15) is 22.3 Å². The van der Waals surface area contributed by atoms with E-state index < -0.39 is 0 Å². The van der Waals surface area contributed by atoms with E-state index in [0.29, 0.717) is 42.3 Å². The Kier molecular flexibility index (Phi) is 7.70. The highest BCUT2D eigenvalue weighted by Crippen LogP contribution is 2.27. The topological polar surface area (TPSA) is 48.5 Å². The van der Waals surface area contributed by atoms with Gasteiger partial charge in [0.05, 0.1) is 10.4 Å². The summed E-state index contributed by atoms with van der Waals surface area (Å²) in [6.45, 7) is 3.31. The van der Waals surface area contributed by atoms with Crippen LogP contribution in [0, 0.1) is 5.82 Å². The van der Waals surface area contributed by atoms with E-state index in [1.165, 1.54) is 18.0 Å². The lowest BCUT2D eigenvalue weighted by atomic mass is 10.2. The van der Waals surface area contributed by atoms with Crippen molar-refractivity contribution >= 4 is 46.0 Å². The van der Waals surface area contributed by atoms with Crippen LogP contribution < -0.4 is 4.72 Å². The summed E-state index contributed by atoms with van der Waals surface area (Å²) in [4.78, 5) is 22.7. The number of nitrogens with one attached hydrogen (secondary N) is 1. The fourth-order valence-electron chi connectivity index (χ4n) is 4.36. The molecule has 184 valence electrons. The smallest absolute Gasteiger partial charge is 0.253 e. The summed E-state index contributed by atoms with van der Waals surface area (Å²) < 4.78 is 17.6. The van der Waals surface area contributed by atoms with Crippen LogP contribution in [0.2, 0.25) is 5.02 Å². The number of amides is 1. The number of hydrogen-bond donors (Lipinski definition) is 1. The maximum absolute atomic E-state index is 14.2. The molecule has 1 aliphatic heterocycles. The molecule has 1 fully saturated rings. The van der Waals surface area contributed by atoms with Gasteiger partial charge in [0.2, 0.25) is 0 Å². The van der Waals surface area contributed by atoms with Crippen LogP contribution >= 0.6 is 23.5 Å². The van der Waals surface area contributed by atoms with Gasteiger partial charge in [-0.2, -0.15) is 0 Å². The van der Waals surface area contributed by atoms with Gasteiger partial charge in [-0.3, -0.25) is 14.7 Å². The van der Waals surface area contributed by atoms with E-state index in [0.717, 1.165) is 34.5 Å². The van der Waals surface area contributed by atoms with Crippen molar-refractivity contribution in [2.24, 2.45) is 0 Å². The molecule has 1 saturated heterocycles. The van der Waals surface area contributed by atoms with E-state index in [9.17, 15) is 9.18 Å². The van der Waals surface area contributed by atoms with Crippen LogP contribution in [0.25, 0.3) is 10.9 Å². The highest BCUT2D eigenvalue weighted by Gasteiger charge is 2.21. The molecule has 0 unspecified atom stereocenters. The van der Waals surface area contributed by atoms with Gasteiger partial charge in [-0.05, 0) is 66.9 Å². The predicted molar refractivity (Wildman–Crippen MR) is 145 cm³/mol. The van der Waals surface area contributed by atoms with Crippen LogP contribution in [-0.2, 0) is 6.54 Å². The van der Waals surface area contributed by atoms with Crippen molar-refractivity contribution in [1.29, 1.82) is 0 Å². The Morgan fingerprint density at radius 1 is 1.00 bits per heavy atom. The number of pyridine rings is 1. The van der Waals surface area contributed by atoms with Crippen LogP contribution in [0.3, 0.4) is 0 Å². The number of hydrogen-bond acceptors (Lipinski definition) is 5. The van der Waals surface area contributed by atoms with E-state index in [1.807, 2.05) is 59.5 Å². The van der Waals surface area contributed by atoms with Crippen molar-refractivity contribution < 1.29 is 9.18 Å². The number of rotatable bonds is 6. The number of carbonyl (C=O) groups excluding carboxylic acids is 1. The van der Waals surface area contributed by atoms with Gasteiger partial charge in [-0.15, -0.1) is 0 Å². The first kappa shape index (κ1) is 24.6. The lowest BCUT2D eigenvalue weighted by Crippen LogP contribution is -2.35. The van der Waals surface area contributed by atoms with Gasteiger partial charge in [0.25, 0.3) is 5.91 Å². The lowest BCUT2D eigenvalue weighted by molar-refractivity contribution is 0.0761. The van der Waals surface area contributed by atoms with Gasteiger partial charge in [0, 0.05) is 66.1 Å². The van der Waals surface area contributed by atoms with Gasteiger partial charge in [0.15, 0.2) is 0 Å². The zero-order valence-electron chi connectivity index (χ0n) is 19.7. The summed E-state index contributed by atoms with van der Waals surface area (Å²) in [7, 11) is 0. The van der Waals surface area contributed by atoms with Crippen molar-refractivity contribution in [3.63, 3.8) is 0 Å². The van der Waals surface area contributed by atoms with Crippen LogP contribution in [-0.4, -0.2) is 46.9 Å². The number of benzene rings is 3. The number of nitrogens with zero attached hydrogens (tertiary/aromatic N) is 3. The summed E-state index contributed by atoms with van der Waals surface area (Å²) in [6, 6.07) is 22.4. The summed E-state index contributed by atoms with van der Waals surface area (Å²) in [5, 5.41) is 1.49. The molecule has 0 aliphatic carbocycles. The molecule has 0 bridgehead atoms. The maximum Gasteiger partial charge on any atom is 0.253 e. The molecule has 3 aromatic carbocycles. The number of anilines is 1. The van der Waals surface area contributed by atoms with Crippen molar-refractivity contribution in [1.82, 2.24) is 14.8 Å². The second kappa shape index (κ2) is 11.3. The van der Waals surface area contributed by atoms with Crippen LogP contribution in [0.4, 0.5) is 10.1 Å². The minimum atomic E-state index is -0.289. The van der Waals surface area contributed by atoms with Gasteiger partial charge in [-0.25, -0.2) is 4.39 Å². The number of para-hydroxylation sites is 1. The molecule has 5 rings (SSSR count). The second-order valence-electron chi connectivity index (χ2n) is 8.77. The number of aromatic nitrogens is 1. The number of halogens is 2. The molecule has 36 heavy (non-hydrogen) atoms. The van der Waals surface area contributed by atoms with E-state index in [4.69, 9.17) is 11.6 Å².